The van der Waals surface area contributed by atoms with Gasteiger partial charge in [-0.15, -0.1) is 0 Å². The van der Waals surface area contributed by atoms with Crippen molar-refractivity contribution in [2.24, 2.45) is 0 Å². The molecule has 0 aliphatic carbocycles. The van der Waals surface area contributed by atoms with Crippen LogP contribution < -0.4 is 0 Å². The summed E-state index contributed by atoms with van der Waals surface area (Å²) in [7, 11) is 0. The van der Waals surface area contributed by atoms with Crippen molar-refractivity contribution in [2.45, 2.75) is 138 Å². The number of aliphatic hydroxyl groups is 1. The molecule has 0 spiro atoms. The normalized spacial score (nSPS) is 15.0. The highest BCUT2D eigenvalue weighted by atomic mass is 16.5. The molecule has 0 aromatic heterocycles. The number of allylic oxidation sites excluding steroid dienone is 9. The van der Waals surface area contributed by atoms with Crippen LogP contribution in [0, 0.1) is 0 Å². The van der Waals surface area contributed by atoms with E-state index in [1.54, 1.807) is 0 Å². The molecule has 34 heavy (non-hydrogen) atoms. The lowest BCUT2D eigenvalue weighted by Gasteiger charge is -2.29. The van der Waals surface area contributed by atoms with E-state index in [1.165, 1.54) is 47.1 Å². The van der Waals surface area contributed by atoms with E-state index < -0.39 is 11.7 Å². The van der Waals surface area contributed by atoms with Gasteiger partial charge in [-0.2, -0.15) is 0 Å². The fourth-order valence-electron chi connectivity index (χ4n) is 3.91. The molecule has 0 amide bonds. The molecule has 0 saturated heterocycles. The third-order valence-electron chi connectivity index (χ3n) is 6.43. The Hall–Kier alpha value is -1.38. The van der Waals surface area contributed by atoms with Crippen molar-refractivity contribution >= 4 is 0 Å². The Balaban J connectivity index is 4.15. The average molecular weight is 473 g/mol. The van der Waals surface area contributed by atoms with E-state index in [2.05, 4.69) is 71.9 Å². The van der Waals surface area contributed by atoms with Crippen LogP contribution in [0.25, 0.3) is 0 Å². The van der Waals surface area contributed by atoms with Gasteiger partial charge in [-0.1, -0.05) is 58.2 Å². The van der Waals surface area contributed by atoms with E-state index in [0.29, 0.717) is 13.0 Å². The minimum atomic E-state index is -0.487. The third-order valence-corrected chi connectivity index (χ3v) is 6.43. The Kier molecular flexibility index (Phi) is 18.1. The van der Waals surface area contributed by atoms with Crippen LogP contribution in [0.3, 0.4) is 0 Å². The van der Waals surface area contributed by atoms with Crippen molar-refractivity contribution in [3.05, 3.63) is 58.2 Å². The fraction of sp³-hybridized carbons (Fsp3) is 0.688. The molecule has 1 N–H and O–H groups in total. The summed E-state index contributed by atoms with van der Waals surface area (Å²) in [6.45, 7) is 19.8. The maximum atomic E-state index is 10.4. The predicted octanol–water partition coefficient (Wildman–Crippen LogP) is 9.81. The van der Waals surface area contributed by atoms with Crippen molar-refractivity contribution in [2.75, 3.05) is 6.61 Å². The van der Waals surface area contributed by atoms with Crippen LogP contribution in [0.5, 0.6) is 0 Å². The molecule has 0 fully saturated rings. The van der Waals surface area contributed by atoms with Crippen molar-refractivity contribution in [3.63, 3.8) is 0 Å². The summed E-state index contributed by atoms with van der Waals surface area (Å²) in [5, 5.41) is 10.4. The molecule has 0 heterocycles. The molecule has 0 aliphatic rings. The maximum Gasteiger partial charge on any atom is 0.0887 e. The Bertz CT molecular complexity index is 697. The molecule has 0 bridgehead atoms. The first-order valence-corrected chi connectivity index (χ1v) is 13.6. The van der Waals surface area contributed by atoms with Crippen LogP contribution >= 0.6 is 0 Å². The summed E-state index contributed by atoms with van der Waals surface area (Å²) >= 11 is 0. The number of hydrogen-bond donors (Lipinski definition) is 1. The monoisotopic (exact) mass is 472 g/mol. The number of ether oxygens (including phenoxy) is 1. The molecule has 0 radical (unpaired) electrons. The summed E-state index contributed by atoms with van der Waals surface area (Å²) in [6, 6.07) is 0. The van der Waals surface area contributed by atoms with E-state index in [1.807, 2.05) is 20.8 Å². The van der Waals surface area contributed by atoms with Crippen LogP contribution in [0.1, 0.15) is 127 Å². The lowest BCUT2D eigenvalue weighted by atomic mass is 9.96. The third kappa shape index (κ3) is 18.0. The Morgan fingerprint density at radius 1 is 0.676 bits per heavy atom. The molecule has 0 rings (SSSR count). The van der Waals surface area contributed by atoms with Crippen LogP contribution in [0.15, 0.2) is 58.2 Å². The smallest absolute Gasteiger partial charge is 0.0887 e. The largest absolute Gasteiger partial charge is 0.390 e. The highest BCUT2D eigenvalue weighted by Gasteiger charge is 2.27. The van der Waals surface area contributed by atoms with Crippen LogP contribution in [0.2, 0.25) is 0 Å². The SMILES string of the molecule is CCOC(C)(C)C(O)C/C=C(\C)CCC/C(C)=C/CC/C=C(\C)CC/C=C(\C)CCC=C(C)C. The molecule has 0 aromatic rings. The van der Waals surface area contributed by atoms with Crippen LogP contribution in [0.4, 0.5) is 0 Å². The highest BCUT2D eigenvalue weighted by Crippen LogP contribution is 2.20. The zero-order valence-electron chi connectivity index (χ0n) is 24.1. The quantitative estimate of drug-likeness (QED) is 0.159. The van der Waals surface area contributed by atoms with E-state index in [-0.39, 0.29) is 0 Å². The molecule has 0 aromatic carbocycles. The Labute approximate surface area is 213 Å². The van der Waals surface area contributed by atoms with Crippen molar-refractivity contribution < 1.29 is 9.84 Å². The van der Waals surface area contributed by atoms with Crippen LogP contribution in [-0.4, -0.2) is 23.4 Å². The van der Waals surface area contributed by atoms with E-state index >= 15 is 0 Å². The molecule has 196 valence electrons. The predicted molar refractivity (Wildman–Crippen MR) is 152 cm³/mol. The zero-order valence-corrected chi connectivity index (χ0v) is 24.1. The average Bonchev–Trinajstić information content (AvgIpc) is 2.74. The second-order valence-corrected chi connectivity index (χ2v) is 10.8. The number of hydrogen-bond acceptors (Lipinski definition) is 2. The molecule has 0 aliphatic heterocycles. The highest BCUT2D eigenvalue weighted by molar-refractivity contribution is 5.07. The van der Waals surface area contributed by atoms with Gasteiger partial charge in [0, 0.05) is 6.61 Å². The second-order valence-electron chi connectivity index (χ2n) is 10.8. The van der Waals surface area contributed by atoms with Gasteiger partial charge < -0.3 is 9.84 Å². The lowest BCUT2D eigenvalue weighted by Crippen LogP contribution is -2.38. The van der Waals surface area contributed by atoms with E-state index in [4.69, 9.17) is 4.74 Å². The Morgan fingerprint density at radius 2 is 1.12 bits per heavy atom. The number of rotatable bonds is 18. The minimum absolute atomic E-state index is 0.465. The van der Waals surface area contributed by atoms with Gasteiger partial charge in [-0.3, -0.25) is 0 Å². The van der Waals surface area contributed by atoms with Crippen molar-refractivity contribution in [1.29, 1.82) is 0 Å². The molecule has 2 heteroatoms. The molecule has 0 saturated carbocycles. The van der Waals surface area contributed by atoms with Gasteiger partial charge in [0.1, 0.15) is 0 Å². The lowest BCUT2D eigenvalue weighted by molar-refractivity contribution is -0.0946. The van der Waals surface area contributed by atoms with Gasteiger partial charge >= 0.3 is 0 Å². The first-order chi connectivity index (χ1) is 16.0. The summed E-state index contributed by atoms with van der Waals surface area (Å²) in [4.78, 5) is 0. The maximum absolute atomic E-state index is 10.4. The number of aliphatic hydroxyl groups excluding tert-OH is 1. The van der Waals surface area contributed by atoms with Gasteiger partial charge in [0.25, 0.3) is 0 Å². The standard InChI is InChI=1S/C32H56O2/c1-10-34-32(8,9)31(33)25-24-30(7)23-15-21-28(5)18-12-11-17-27(4)20-14-22-29(6)19-13-16-26(2)3/h16-18,22,24,31,33H,10-15,19-21,23,25H2,1-9H3/b27-17+,28-18+,29-22+,30-24+. The van der Waals surface area contributed by atoms with Gasteiger partial charge in [0.2, 0.25) is 0 Å². The van der Waals surface area contributed by atoms with Gasteiger partial charge in [0.15, 0.2) is 0 Å². The molecule has 1 atom stereocenters. The van der Waals surface area contributed by atoms with Gasteiger partial charge in [0.05, 0.1) is 11.7 Å². The topological polar surface area (TPSA) is 29.5 Å². The molecular formula is C32H56O2. The van der Waals surface area contributed by atoms with Crippen LogP contribution in [-0.2, 0) is 4.74 Å². The first kappa shape index (κ1) is 32.6. The number of unbranched alkanes of at least 4 members (excludes halogenated alkanes) is 1. The Morgan fingerprint density at radius 3 is 1.62 bits per heavy atom. The van der Waals surface area contributed by atoms with E-state index in [9.17, 15) is 5.11 Å². The molecule has 1 unspecified atom stereocenters. The second kappa shape index (κ2) is 18.9. The van der Waals surface area contributed by atoms with Crippen molar-refractivity contribution in [1.82, 2.24) is 0 Å². The summed E-state index contributed by atoms with van der Waals surface area (Å²) < 4.78 is 5.65. The summed E-state index contributed by atoms with van der Waals surface area (Å²) in [5.41, 5.74) is 6.80. The fourth-order valence-corrected chi connectivity index (χ4v) is 3.91. The summed E-state index contributed by atoms with van der Waals surface area (Å²) in [5.74, 6) is 0. The molecule has 2 nitrogen and oxygen atoms in total. The zero-order chi connectivity index (χ0) is 26.0. The molecular weight excluding hydrogens is 416 g/mol. The van der Waals surface area contributed by atoms with Gasteiger partial charge in [-0.05, 0) is 127 Å². The van der Waals surface area contributed by atoms with E-state index in [0.717, 1.165) is 38.5 Å². The van der Waals surface area contributed by atoms with Gasteiger partial charge in [-0.25, -0.2) is 0 Å². The van der Waals surface area contributed by atoms with Crippen molar-refractivity contribution in [3.8, 4) is 0 Å². The summed E-state index contributed by atoms with van der Waals surface area (Å²) in [6.07, 6.45) is 22.3. The first-order valence-electron chi connectivity index (χ1n) is 13.6. The minimum Gasteiger partial charge on any atom is -0.390 e.